The van der Waals surface area contributed by atoms with Crippen molar-refractivity contribution in [3.63, 3.8) is 0 Å². The van der Waals surface area contributed by atoms with E-state index in [0.717, 1.165) is 18.5 Å². The fourth-order valence-electron chi connectivity index (χ4n) is 3.86. The van der Waals surface area contributed by atoms with E-state index < -0.39 is 23.7 Å². The van der Waals surface area contributed by atoms with Crippen molar-refractivity contribution in [1.29, 1.82) is 0 Å². The predicted molar refractivity (Wildman–Crippen MR) is 159 cm³/mol. The molecule has 0 aliphatic carbocycles. The van der Waals surface area contributed by atoms with Gasteiger partial charge in [-0.05, 0) is 49.3 Å². The minimum atomic E-state index is -1.19. The molecule has 1 atom stereocenters. The molecule has 3 rings (SSSR count). The lowest BCUT2D eigenvalue weighted by molar-refractivity contribution is -0.125. The molecule has 0 bridgehead atoms. The summed E-state index contributed by atoms with van der Waals surface area (Å²) in [6.45, 7) is 6.61. The molecule has 3 amide bonds. The Labute approximate surface area is 245 Å². The van der Waals surface area contributed by atoms with Gasteiger partial charge >= 0.3 is 6.09 Å². The van der Waals surface area contributed by atoms with E-state index in [4.69, 9.17) is 4.74 Å². The highest BCUT2D eigenvalue weighted by Gasteiger charge is 2.24. The van der Waals surface area contributed by atoms with Crippen LogP contribution < -0.4 is 10.9 Å². The second kappa shape index (κ2) is 13.9. The molecule has 3 heterocycles. The van der Waals surface area contributed by atoms with Gasteiger partial charge in [-0.15, -0.1) is 0 Å². The molecule has 226 valence electrons. The lowest BCUT2D eigenvalue weighted by atomic mass is 9.90. The third-order valence-electron chi connectivity index (χ3n) is 6.31. The summed E-state index contributed by atoms with van der Waals surface area (Å²) in [5.41, 5.74) is 1.80. The van der Waals surface area contributed by atoms with Gasteiger partial charge in [-0.2, -0.15) is 0 Å². The molecule has 1 unspecified atom stereocenters. The molecule has 0 aromatic carbocycles. The summed E-state index contributed by atoms with van der Waals surface area (Å²) in [5, 5.41) is 2.59. The van der Waals surface area contributed by atoms with Crippen LogP contribution in [-0.4, -0.2) is 86.5 Å². The molecular weight excluding hydrogens is 540 g/mol. The molecule has 0 aliphatic heterocycles. The quantitative estimate of drug-likeness (QED) is 0.328. The van der Waals surface area contributed by atoms with Crippen molar-refractivity contribution >= 4 is 34.8 Å². The van der Waals surface area contributed by atoms with E-state index in [0.29, 0.717) is 23.4 Å². The Kier molecular flexibility index (Phi) is 10.6. The van der Waals surface area contributed by atoms with Crippen molar-refractivity contribution < 1.29 is 19.1 Å². The Morgan fingerprint density at radius 3 is 2.55 bits per heavy atom. The van der Waals surface area contributed by atoms with Gasteiger partial charge in [0.15, 0.2) is 11.8 Å². The number of carbonyl (C=O) groups excluding carboxylic acids is 3. The van der Waals surface area contributed by atoms with E-state index in [9.17, 15) is 19.2 Å². The Balaban J connectivity index is 1.76. The summed E-state index contributed by atoms with van der Waals surface area (Å²) in [4.78, 5) is 69.5. The maximum Gasteiger partial charge on any atom is 0.410 e. The van der Waals surface area contributed by atoms with Gasteiger partial charge in [0, 0.05) is 34.4 Å². The van der Waals surface area contributed by atoms with Crippen molar-refractivity contribution in [3.8, 4) is 0 Å². The van der Waals surface area contributed by atoms with Gasteiger partial charge in [0.1, 0.15) is 23.4 Å². The molecule has 13 heteroatoms. The number of anilines is 1. The molecule has 13 nitrogen and oxygen atoms in total. The van der Waals surface area contributed by atoms with Crippen LogP contribution in [0.2, 0.25) is 0 Å². The number of amides is 3. The molecular formula is C29H40N8O5. The van der Waals surface area contributed by atoms with Crippen LogP contribution in [-0.2, 0) is 27.3 Å². The van der Waals surface area contributed by atoms with Crippen molar-refractivity contribution in [2.24, 2.45) is 5.41 Å². The number of hydrogen-bond acceptors (Lipinski definition) is 8. The fraction of sp³-hybridized carbons (Fsp3) is 0.483. The summed E-state index contributed by atoms with van der Waals surface area (Å²) in [6, 6.07) is 3.11. The maximum atomic E-state index is 13.3. The summed E-state index contributed by atoms with van der Waals surface area (Å²) in [6.07, 6.45) is 6.27. The molecule has 0 radical (unpaired) electrons. The number of hydrogen-bond donors (Lipinski definition) is 2. The zero-order valence-electron chi connectivity index (χ0n) is 25.3. The number of nitrogens with zero attached hydrogens (tertiary/aromatic N) is 6. The number of likely N-dealkylation sites (N-methyl/N-ethyl adjacent to an activating group) is 1. The van der Waals surface area contributed by atoms with Crippen LogP contribution in [0.3, 0.4) is 0 Å². The number of ether oxygens (including phenoxy) is 1. The van der Waals surface area contributed by atoms with Gasteiger partial charge in [0.25, 0.3) is 11.5 Å². The first kappa shape index (κ1) is 32.0. The first-order chi connectivity index (χ1) is 19.7. The van der Waals surface area contributed by atoms with Crippen LogP contribution in [0.25, 0.3) is 11.2 Å². The number of H-pyrrole nitrogens is 1. The van der Waals surface area contributed by atoms with Crippen molar-refractivity contribution in [2.45, 2.75) is 59.1 Å². The number of pyridine rings is 1. The Morgan fingerprint density at radius 2 is 1.88 bits per heavy atom. The topological polar surface area (TPSA) is 155 Å². The van der Waals surface area contributed by atoms with Gasteiger partial charge in [-0.3, -0.25) is 14.4 Å². The highest BCUT2D eigenvalue weighted by atomic mass is 16.6. The van der Waals surface area contributed by atoms with E-state index in [2.05, 4.69) is 46.0 Å². The number of aryl methyl sites for hydroxylation is 1. The summed E-state index contributed by atoms with van der Waals surface area (Å²) >= 11 is 0. The molecule has 0 spiro atoms. The van der Waals surface area contributed by atoms with Crippen LogP contribution in [0.4, 0.5) is 10.5 Å². The molecule has 2 N–H and O–H groups in total. The Hall–Kier alpha value is -4.55. The smallest absolute Gasteiger partial charge is 0.410 e. The zero-order valence-corrected chi connectivity index (χ0v) is 25.3. The van der Waals surface area contributed by atoms with E-state index in [1.165, 1.54) is 46.9 Å². The fourth-order valence-corrected chi connectivity index (χ4v) is 3.86. The molecule has 42 heavy (non-hydrogen) atoms. The number of aromatic nitrogens is 5. The molecule has 3 aromatic rings. The Morgan fingerprint density at radius 1 is 1.14 bits per heavy atom. The van der Waals surface area contributed by atoms with E-state index in [1.807, 2.05) is 0 Å². The van der Waals surface area contributed by atoms with Crippen molar-refractivity contribution in [2.75, 3.05) is 33.5 Å². The highest BCUT2D eigenvalue weighted by Crippen LogP contribution is 2.23. The molecule has 0 saturated carbocycles. The van der Waals surface area contributed by atoms with Gasteiger partial charge in [0.05, 0.1) is 12.2 Å². The third-order valence-corrected chi connectivity index (χ3v) is 6.31. The van der Waals surface area contributed by atoms with E-state index in [1.54, 1.807) is 32.4 Å². The number of rotatable bonds is 11. The molecule has 3 aromatic heterocycles. The average molecular weight is 581 g/mol. The molecule has 0 fully saturated rings. The Bertz CT molecular complexity index is 1500. The average Bonchev–Trinajstić information content (AvgIpc) is 3.33. The number of imidazole rings is 1. The molecule has 0 aliphatic rings. The SMILES string of the molecule is CN(C)C(=O)C=CCCC(OC(=O)N(C)C)C(=O)Nc1cccn(Cc2nc3c(CCC(C)(C)C)ncnc3[nH]2)c1=O. The third kappa shape index (κ3) is 8.98. The van der Waals surface area contributed by atoms with E-state index in [-0.39, 0.29) is 30.0 Å². The van der Waals surface area contributed by atoms with Gasteiger partial charge in [-0.25, -0.2) is 19.7 Å². The number of allylic oxidation sites excluding steroid dienone is 1. The summed E-state index contributed by atoms with van der Waals surface area (Å²) < 4.78 is 6.77. The minimum absolute atomic E-state index is 0.0218. The van der Waals surface area contributed by atoms with Crippen LogP contribution >= 0.6 is 0 Å². The summed E-state index contributed by atoms with van der Waals surface area (Å²) in [7, 11) is 6.25. The standard InChI is InChI=1S/C29H40N8O5/c1-29(2,3)15-14-19-24-25(31-18-30-19)34-22(33-24)17-37-16-10-11-20(27(37)40)32-26(39)21(42-28(41)36(6)7)12-8-9-13-23(38)35(4)5/h9-11,13,16,18,21H,8,12,14-15,17H2,1-7H3,(H,32,39)(H,30,31,33,34). The minimum Gasteiger partial charge on any atom is -0.436 e. The maximum absolute atomic E-state index is 13.3. The van der Waals surface area contributed by atoms with Crippen molar-refractivity contribution in [3.05, 3.63) is 58.7 Å². The largest absolute Gasteiger partial charge is 0.436 e. The second-order valence-electron chi connectivity index (χ2n) is 11.6. The van der Waals surface area contributed by atoms with Gasteiger partial charge in [0.2, 0.25) is 5.91 Å². The second-order valence-corrected chi connectivity index (χ2v) is 11.6. The summed E-state index contributed by atoms with van der Waals surface area (Å²) in [5.74, 6) is -0.344. The lowest BCUT2D eigenvalue weighted by Crippen LogP contribution is -2.37. The molecule has 0 saturated heterocycles. The van der Waals surface area contributed by atoms with Gasteiger partial charge < -0.3 is 29.4 Å². The lowest BCUT2D eigenvalue weighted by Gasteiger charge is -2.19. The first-order valence-corrected chi connectivity index (χ1v) is 13.7. The van der Waals surface area contributed by atoms with Crippen molar-refractivity contribution in [1.82, 2.24) is 34.3 Å². The van der Waals surface area contributed by atoms with E-state index >= 15 is 0 Å². The first-order valence-electron chi connectivity index (χ1n) is 13.7. The normalized spacial score (nSPS) is 12.4. The van der Waals surface area contributed by atoms with Crippen LogP contribution in [0.15, 0.2) is 41.6 Å². The van der Waals surface area contributed by atoms with Crippen LogP contribution in [0.1, 0.15) is 51.6 Å². The number of carbonyl (C=O) groups is 3. The monoisotopic (exact) mass is 580 g/mol. The van der Waals surface area contributed by atoms with Crippen LogP contribution in [0, 0.1) is 5.41 Å². The van der Waals surface area contributed by atoms with Crippen LogP contribution in [0.5, 0.6) is 0 Å². The predicted octanol–water partition coefficient (Wildman–Crippen LogP) is 2.97. The number of nitrogens with one attached hydrogen (secondary N) is 2. The zero-order chi connectivity index (χ0) is 31.0. The number of aromatic amines is 1. The highest BCUT2D eigenvalue weighted by molar-refractivity contribution is 5.95. The number of fused-ring (bicyclic) bond motifs is 1. The van der Waals surface area contributed by atoms with Gasteiger partial charge in [-0.1, -0.05) is 26.8 Å².